The van der Waals surface area contributed by atoms with Crippen molar-refractivity contribution < 1.29 is 23.9 Å². The molecule has 0 fully saturated rings. The normalized spacial score (nSPS) is 10.6. The van der Waals surface area contributed by atoms with Crippen LogP contribution in [0.5, 0.6) is 0 Å². The minimum absolute atomic E-state index is 0.107. The van der Waals surface area contributed by atoms with Gasteiger partial charge in [-0.2, -0.15) is 0 Å². The Kier molecular flexibility index (Phi) is 7.17. The average Bonchev–Trinajstić information content (AvgIpc) is 2.96. The highest BCUT2D eigenvalue weighted by Gasteiger charge is 2.30. The molecule has 1 heterocycles. The third kappa shape index (κ3) is 5.78. The standard InChI is InChI=1S/C14H17NO5S/c1-3-19-13(17)12(14(18)20-4-2)15-11(16)8-7-10-6-5-9-21-10/h5-9,12H,3-4H2,1-2H3,(H,15,16)/b8-7+. The fraction of sp³-hybridized carbons (Fsp3) is 0.357. The summed E-state index contributed by atoms with van der Waals surface area (Å²) in [5.41, 5.74) is 0. The minimum Gasteiger partial charge on any atom is -0.464 e. The van der Waals surface area contributed by atoms with Crippen molar-refractivity contribution in [2.45, 2.75) is 19.9 Å². The lowest BCUT2D eigenvalue weighted by molar-refractivity contribution is -0.159. The molecule has 1 aromatic rings. The topological polar surface area (TPSA) is 81.7 Å². The molecule has 0 radical (unpaired) electrons. The monoisotopic (exact) mass is 311 g/mol. The van der Waals surface area contributed by atoms with Crippen LogP contribution in [-0.4, -0.2) is 37.1 Å². The molecule has 0 atom stereocenters. The second-order valence-corrected chi connectivity index (χ2v) is 4.77. The molecule has 21 heavy (non-hydrogen) atoms. The minimum atomic E-state index is -1.45. The Morgan fingerprint density at radius 3 is 2.33 bits per heavy atom. The van der Waals surface area contributed by atoms with Gasteiger partial charge in [0, 0.05) is 11.0 Å². The third-order valence-electron chi connectivity index (χ3n) is 2.27. The molecule has 0 bridgehead atoms. The van der Waals surface area contributed by atoms with E-state index >= 15 is 0 Å². The summed E-state index contributed by atoms with van der Waals surface area (Å²) < 4.78 is 9.49. The predicted molar refractivity (Wildman–Crippen MR) is 78.5 cm³/mol. The Balaban J connectivity index is 2.68. The van der Waals surface area contributed by atoms with Gasteiger partial charge in [0.05, 0.1) is 13.2 Å². The zero-order chi connectivity index (χ0) is 15.7. The first kappa shape index (κ1) is 16.9. The lowest BCUT2D eigenvalue weighted by Crippen LogP contribution is -2.47. The van der Waals surface area contributed by atoms with Gasteiger partial charge in [-0.1, -0.05) is 6.07 Å². The van der Waals surface area contributed by atoms with Gasteiger partial charge in [0.1, 0.15) is 0 Å². The van der Waals surface area contributed by atoms with Gasteiger partial charge in [0.2, 0.25) is 11.9 Å². The van der Waals surface area contributed by atoms with Gasteiger partial charge in [-0.25, -0.2) is 9.59 Å². The van der Waals surface area contributed by atoms with Gasteiger partial charge in [-0.05, 0) is 31.4 Å². The molecule has 0 aromatic carbocycles. The fourth-order valence-electron chi connectivity index (χ4n) is 1.40. The Bertz CT molecular complexity index is 491. The third-order valence-corrected chi connectivity index (χ3v) is 3.11. The average molecular weight is 311 g/mol. The van der Waals surface area contributed by atoms with Gasteiger partial charge >= 0.3 is 11.9 Å². The van der Waals surface area contributed by atoms with E-state index in [1.54, 1.807) is 19.9 Å². The smallest absolute Gasteiger partial charge is 0.340 e. The zero-order valence-electron chi connectivity index (χ0n) is 11.8. The van der Waals surface area contributed by atoms with Crippen molar-refractivity contribution in [3.05, 3.63) is 28.5 Å². The van der Waals surface area contributed by atoms with Gasteiger partial charge in [0.25, 0.3) is 0 Å². The number of thiophene rings is 1. The van der Waals surface area contributed by atoms with Gasteiger partial charge in [-0.3, -0.25) is 4.79 Å². The highest BCUT2D eigenvalue weighted by atomic mass is 32.1. The van der Waals surface area contributed by atoms with E-state index in [0.29, 0.717) is 0 Å². The van der Waals surface area contributed by atoms with Crippen molar-refractivity contribution >= 4 is 35.3 Å². The number of carbonyl (C=O) groups is 3. The summed E-state index contributed by atoms with van der Waals surface area (Å²) in [7, 11) is 0. The fourth-order valence-corrected chi connectivity index (χ4v) is 2.02. The molecule has 0 aliphatic carbocycles. The maximum Gasteiger partial charge on any atom is 0.340 e. The molecule has 7 heteroatoms. The number of esters is 2. The predicted octanol–water partition coefficient (Wildman–Crippen LogP) is 1.37. The van der Waals surface area contributed by atoms with Gasteiger partial charge in [-0.15, -0.1) is 11.3 Å². The van der Waals surface area contributed by atoms with E-state index in [2.05, 4.69) is 5.32 Å². The first-order valence-corrected chi connectivity index (χ1v) is 7.31. The second-order valence-electron chi connectivity index (χ2n) is 3.79. The molecule has 1 amide bonds. The lowest BCUT2D eigenvalue weighted by Gasteiger charge is -2.14. The molecule has 0 saturated heterocycles. The molecule has 0 aliphatic heterocycles. The molecule has 1 rings (SSSR count). The van der Waals surface area contributed by atoms with Crippen LogP contribution in [0.15, 0.2) is 23.6 Å². The van der Waals surface area contributed by atoms with Crippen LogP contribution in [0.3, 0.4) is 0 Å². The Morgan fingerprint density at radius 1 is 1.24 bits per heavy atom. The number of ether oxygens (including phenoxy) is 2. The molecule has 0 unspecified atom stereocenters. The Hall–Kier alpha value is -2.15. The van der Waals surface area contributed by atoms with Crippen LogP contribution in [-0.2, 0) is 23.9 Å². The van der Waals surface area contributed by atoms with Crippen LogP contribution >= 0.6 is 11.3 Å². The van der Waals surface area contributed by atoms with E-state index < -0.39 is 23.9 Å². The van der Waals surface area contributed by atoms with Crippen LogP contribution < -0.4 is 5.32 Å². The number of amides is 1. The van der Waals surface area contributed by atoms with E-state index in [0.717, 1.165) is 4.88 Å². The number of hydrogen-bond donors (Lipinski definition) is 1. The first-order valence-electron chi connectivity index (χ1n) is 6.43. The number of carbonyl (C=O) groups excluding carboxylic acids is 3. The molecular formula is C14H17NO5S. The van der Waals surface area contributed by atoms with Gasteiger partial charge in [0.15, 0.2) is 0 Å². The second kappa shape index (κ2) is 8.91. The molecular weight excluding hydrogens is 294 g/mol. The maximum atomic E-state index is 11.8. The zero-order valence-corrected chi connectivity index (χ0v) is 12.6. The van der Waals surface area contributed by atoms with E-state index in [9.17, 15) is 14.4 Å². The van der Waals surface area contributed by atoms with Crippen molar-refractivity contribution in [2.75, 3.05) is 13.2 Å². The van der Waals surface area contributed by atoms with E-state index in [1.165, 1.54) is 17.4 Å². The molecule has 0 aliphatic rings. The first-order chi connectivity index (χ1) is 10.1. The number of hydrogen-bond acceptors (Lipinski definition) is 6. The van der Waals surface area contributed by atoms with Crippen molar-refractivity contribution in [3.63, 3.8) is 0 Å². The van der Waals surface area contributed by atoms with Crippen LogP contribution in [0.25, 0.3) is 6.08 Å². The molecule has 114 valence electrons. The van der Waals surface area contributed by atoms with Crippen molar-refractivity contribution in [2.24, 2.45) is 0 Å². The number of rotatable bonds is 7. The van der Waals surface area contributed by atoms with E-state index in [4.69, 9.17) is 9.47 Å². The Morgan fingerprint density at radius 2 is 1.86 bits per heavy atom. The molecule has 0 saturated carbocycles. The maximum absolute atomic E-state index is 11.8. The summed E-state index contributed by atoms with van der Waals surface area (Å²) in [5.74, 6) is -2.25. The molecule has 6 nitrogen and oxygen atoms in total. The molecule has 1 N–H and O–H groups in total. The summed E-state index contributed by atoms with van der Waals surface area (Å²) in [6.07, 6.45) is 2.84. The van der Waals surface area contributed by atoms with E-state index in [-0.39, 0.29) is 13.2 Å². The van der Waals surface area contributed by atoms with Crippen molar-refractivity contribution in [3.8, 4) is 0 Å². The summed E-state index contributed by atoms with van der Waals surface area (Å²) >= 11 is 1.46. The van der Waals surface area contributed by atoms with Gasteiger partial charge < -0.3 is 14.8 Å². The van der Waals surface area contributed by atoms with Crippen LogP contribution in [0, 0.1) is 0 Å². The Labute approximate surface area is 126 Å². The highest BCUT2D eigenvalue weighted by Crippen LogP contribution is 2.09. The largest absolute Gasteiger partial charge is 0.464 e. The molecule has 0 spiro atoms. The number of nitrogens with one attached hydrogen (secondary N) is 1. The summed E-state index contributed by atoms with van der Waals surface area (Å²) in [5, 5.41) is 4.15. The van der Waals surface area contributed by atoms with Crippen molar-refractivity contribution in [1.82, 2.24) is 5.32 Å². The summed E-state index contributed by atoms with van der Waals surface area (Å²) in [6.45, 7) is 3.43. The van der Waals surface area contributed by atoms with Crippen LogP contribution in [0.2, 0.25) is 0 Å². The lowest BCUT2D eigenvalue weighted by atomic mass is 10.3. The van der Waals surface area contributed by atoms with Crippen LogP contribution in [0.4, 0.5) is 0 Å². The summed E-state index contributed by atoms with van der Waals surface area (Å²) in [6, 6.07) is 2.23. The van der Waals surface area contributed by atoms with Crippen LogP contribution in [0.1, 0.15) is 18.7 Å². The highest BCUT2D eigenvalue weighted by molar-refractivity contribution is 7.10. The quantitative estimate of drug-likeness (QED) is 0.467. The van der Waals surface area contributed by atoms with E-state index in [1.807, 2.05) is 17.5 Å². The SMILES string of the molecule is CCOC(=O)C(NC(=O)/C=C/c1cccs1)C(=O)OCC. The summed E-state index contributed by atoms with van der Waals surface area (Å²) in [4.78, 5) is 36.0. The molecule has 1 aromatic heterocycles. The van der Waals surface area contributed by atoms with Crippen molar-refractivity contribution in [1.29, 1.82) is 0 Å².